The van der Waals surface area contributed by atoms with Crippen LogP contribution in [-0.4, -0.2) is 14.5 Å². The van der Waals surface area contributed by atoms with Crippen molar-refractivity contribution in [2.45, 2.75) is 20.4 Å². The molecule has 0 aliphatic carbocycles. The molecule has 106 valence electrons. The molecule has 0 bridgehead atoms. The number of halogens is 1. The second kappa shape index (κ2) is 5.30. The molecule has 21 heavy (non-hydrogen) atoms. The molecule has 3 aromatic rings. The Morgan fingerprint density at radius 3 is 2.71 bits per heavy atom. The van der Waals surface area contributed by atoms with Gasteiger partial charge in [-0.15, -0.1) is 0 Å². The summed E-state index contributed by atoms with van der Waals surface area (Å²) in [4.78, 5) is 8.70. The third-order valence-corrected chi connectivity index (χ3v) is 3.68. The number of nitrogens with one attached hydrogen (secondary N) is 1. The van der Waals surface area contributed by atoms with Crippen molar-refractivity contribution < 1.29 is 0 Å². The Balaban J connectivity index is 2.19. The lowest BCUT2D eigenvalue weighted by atomic mass is 10.1. The highest BCUT2D eigenvalue weighted by Gasteiger charge is 2.07. The second-order valence-electron chi connectivity index (χ2n) is 5.11. The fourth-order valence-corrected chi connectivity index (χ4v) is 2.56. The summed E-state index contributed by atoms with van der Waals surface area (Å²) in [6, 6.07) is 9.49. The number of rotatable bonds is 2. The fourth-order valence-electron chi connectivity index (χ4n) is 2.45. The molecule has 0 atom stereocenters. The Kier molecular flexibility index (Phi) is 3.47. The maximum atomic E-state index is 8.16. The van der Waals surface area contributed by atoms with Gasteiger partial charge in [-0.2, -0.15) is 0 Å². The minimum atomic E-state index is 0.426. The van der Waals surface area contributed by atoms with Crippen LogP contribution < -0.4 is 5.49 Å². The SMILES string of the molecule is Cc1cc(C)c2ccc(=N)n(Cc3ccc(Cl)nc3)c2n1. The van der Waals surface area contributed by atoms with Crippen molar-refractivity contribution in [3.8, 4) is 0 Å². The molecular formula is C16H15ClN4. The molecular weight excluding hydrogens is 284 g/mol. The molecule has 4 nitrogen and oxygen atoms in total. The summed E-state index contributed by atoms with van der Waals surface area (Å²) < 4.78 is 1.89. The van der Waals surface area contributed by atoms with Crippen LogP contribution >= 0.6 is 11.6 Å². The van der Waals surface area contributed by atoms with Crippen molar-refractivity contribution in [3.63, 3.8) is 0 Å². The van der Waals surface area contributed by atoms with E-state index in [-0.39, 0.29) is 0 Å². The highest BCUT2D eigenvalue weighted by atomic mass is 35.5. The number of aromatic nitrogens is 3. The van der Waals surface area contributed by atoms with E-state index in [4.69, 9.17) is 17.0 Å². The van der Waals surface area contributed by atoms with Crippen LogP contribution in [-0.2, 0) is 6.54 Å². The summed E-state index contributed by atoms with van der Waals surface area (Å²) in [5.41, 5.74) is 4.37. The topological polar surface area (TPSA) is 54.6 Å². The van der Waals surface area contributed by atoms with Crippen LogP contribution in [0.5, 0.6) is 0 Å². The van der Waals surface area contributed by atoms with Crippen molar-refractivity contribution in [1.29, 1.82) is 5.41 Å². The van der Waals surface area contributed by atoms with Crippen LogP contribution in [0.3, 0.4) is 0 Å². The molecule has 3 heterocycles. The molecule has 5 heteroatoms. The van der Waals surface area contributed by atoms with Gasteiger partial charge in [0.15, 0.2) is 0 Å². The Bertz CT molecular complexity index is 866. The van der Waals surface area contributed by atoms with E-state index in [1.54, 1.807) is 18.3 Å². The van der Waals surface area contributed by atoms with Gasteiger partial charge in [0.25, 0.3) is 0 Å². The van der Waals surface area contributed by atoms with Gasteiger partial charge < -0.3 is 4.57 Å². The first-order valence-electron chi connectivity index (χ1n) is 6.67. The van der Waals surface area contributed by atoms with E-state index in [0.29, 0.717) is 17.2 Å². The quantitative estimate of drug-likeness (QED) is 0.739. The van der Waals surface area contributed by atoms with Crippen molar-refractivity contribution in [1.82, 2.24) is 14.5 Å². The summed E-state index contributed by atoms with van der Waals surface area (Å²) in [5.74, 6) is 0. The van der Waals surface area contributed by atoms with E-state index in [1.165, 1.54) is 5.56 Å². The van der Waals surface area contributed by atoms with Crippen molar-refractivity contribution in [3.05, 3.63) is 64.0 Å². The molecule has 0 fully saturated rings. The predicted octanol–water partition coefficient (Wildman–Crippen LogP) is 3.23. The van der Waals surface area contributed by atoms with Gasteiger partial charge in [-0.3, -0.25) is 5.41 Å². The van der Waals surface area contributed by atoms with Gasteiger partial charge in [0.1, 0.15) is 16.3 Å². The summed E-state index contributed by atoms with van der Waals surface area (Å²) in [5, 5.41) is 9.70. The van der Waals surface area contributed by atoms with Gasteiger partial charge in [-0.25, -0.2) is 9.97 Å². The normalized spacial score (nSPS) is 11.0. The Morgan fingerprint density at radius 1 is 1.19 bits per heavy atom. The number of hydrogen-bond acceptors (Lipinski definition) is 3. The number of hydrogen-bond donors (Lipinski definition) is 1. The van der Waals surface area contributed by atoms with E-state index in [9.17, 15) is 0 Å². The van der Waals surface area contributed by atoms with E-state index in [2.05, 4.69) is 23.0 Å². The summed E-state index contributed by atoms with van der Waals surface area (Å²) in [6.45, 7) is 4.59. The first-order valence-corrected chi connectivity index (χ1v) is 7.05. The molecule has 0 saturated heterocycles. The molecule has 0 aromatic carbocycles. The van der Waals surface area contributed by atoms with E-state index >= 15 is 0 Å². The average Bonchev–Trinajstić information content (AvgIpc) is 2.44. The molecule has 3 rings (SSSR count). The fraction of sp³-hybridized carbons (Fsp3) is 0.188. The highest BCUT2D eigenvalue weighted by Crippen LogP contribution is 2.17. The zero-order chi connectivity index (χ0) is 15.0. The zero-order valence-corrected chi connectivity index (χ0v) is 12.6. The van der Waals surface area contributed by atoms with Crippen LogP contribution in [0.2, 0.25) is 5.15 Å². The largest absolute Gasteiger partial charge is 0.306 e. The third kappa shape index (κ3) is 2.67. The van der Waals surface area contributed by atoms with Crippen LogP contribution in [0.1, 0.15) is 16.8 Å². The molecule has 0 aliphatic rings. The van der Waals surface area contributed by atoms with Gasteiger partial charge in [0, 0.05) is 17.3 Å². The van der Waals surface area contributed by atoms with Crippen molar-refractivity contribution in [2.75, 3.05) is 0 Å². The number of nitrogens with zero attached hydrogens (tertiary/aromatic N) is 3. The van der Waals surface area contributed by atoms with Crippen LogP contribution in [0.4, 0.5) is 0 Å². The van der Waals surface area contributed by atoms with E-state index in [0.717, 1.165) is 22.3 Å². The summed E-state index contributed by atoms with van der Waals surface area (Å²) in [6.07, 6.45) is 1.73. The highest BCUT2D eigenvalue weighted by molar-refractivity contribution is 6.29. The summed E-state index contributed by atoms with van der Waals surface area (Å²) >= 11 is 5.82. The average molecular weight is 299 g/mol. The van der Waals surface area contributed by atoms with Gasteiger partial charge in [0.05, 0.1) is 6.54 Å². The standard InChI is InChI=1S/C16H15ClN4/c1-10-7-11(2)20-16-13(10)4-6-15(18)21(16)9-12-3-5-14(17)19-8-12/h3-8,18H,9H2,1-2H3. The first kappa shape index (κ1) is 13.8. The van der Waals surface area contributed by atoms with Gasteiger partial charge in [-0.05, 0) is 49.2 Å². The molecule has 3 aromatic heterocycles. The smallest absolute Gasteiger partial charge is 0.142 e. The van der Waals surface area contributed by atoms with Crippen molar-refractivity contribution in [2.24, 2.45) is 0 Å². The Morgan fingerprint density at radius 2 is 2.00 bits per heavy atom. The minimum Gasteiger partial charge on any atom is -0.306 e. The zero-order valence-electron chi connectivity index (χ0n) is 11.9. The maximum absolute atomic E-state index is 8.16. The van der Waals surface area contributed by atoms with Crippen LogP contribution in [0, 0.1) is 19.3 Å². The molecule has 0 aliphatic heterocycles. The van der Waals surface area contributed by atoms with Crippen LogP contribution in [0.15, 0.2) is 36.5 Å². The van der Waals surface area contributed by atoms with E-state index in [1.807, 2.05) is 23.6 Å². The molecule has 0 radical (unpaired) electrons. The van der Waals surface area contributed by atoms with Crippen molar-refractivity contribution >= 4 is 22.6 Å². The first-order chi connectivity index (χ1) is 10.0. The van der Waals surface area contributed by atoms with Gasteiger partial charge in [-0.1, -0.05) is 17.7 Å². The van der Waals surface area contributed by atoms with Gasteiger partial charge >= 0.3 is 0 Å². The molecule has 0 spiro atoms. The summed E-state index contributed by atoms with van der Waals surface area (Å²) in [7, 11) is 0. The van der Waals surface area contributed by atoms with Gasteiger partial charge in [0.2, 0.25) is 0 Å². The molecule has 0 saturated carbocycles. The Hall–Kier alpha value is -2.20. The van der Waals surface area contributed by atoms with E-state index < -0.39 is 0 Å². The number of pyridine rings is 3. The molecule has 0 amide bonds. The third-order valence-electron chi connectivity index (χ3n) is 3.46. The Labute approximate surface area is 127 Å². The lowest BCUT2D eigenvalue weighted by Crippen LogP contribution is -2.21. The predicted molar refractivity (Wildman–Crippen MR) is 83.4 cm³/mol. The lowest BCUT2D eigenvalue weighted by Gasteiger charge is -2.12. The second-order valence-corrected chi connectivity index (χ2v) is 5.50. The number of fused-ring (bicyclic) bond motifs is 1. The lowest BCUT2D eigenvalue weighted by molar-refractivity contribution is 0.749. The number of aryl methyl sites for hydroxylation is 2. The van der Waals surface area contributed by atoms with Crippen LogP contribution in [0.25, 0.3) is 11.0 Å². The molecule has 1 N–H and O–H groups in total. The maximum Gasteiger partial charge on any atom is 0.142 e. The minimum absolute atomic E-state index is 0.426. The monoisotopic (exact) mass is 298 g/mol. The molecule has 0 unspecified atom stereocenters.